The van der Waals surface area contributed by atoms with E-state index in [9.17, 15) is 9.59 Å². The van der Waals surface area contributed by atoms with Gasteiger partial charge in [-0.3, -0.25) is 14.4 Å². The molecule has 0 aliphatic carbocycles. The molecule has 8 nitrogen and oxygen atoms in total. The Morgan fingerprint density at radius 1 is 1.30 bits per heavy atom. The Hall–Kier alpha value is -2.09. The van der Waals surface area contributed by atoms with Crippen LogP contribution in [0.4, 0.5) is 10.5 Å². The number of nitrogens with zero attached hydrogens (tertiary/aromatic N) is 3. The third-order valence-electron chi connectivity index (χ3n) is 4.87. The van der Waals surface area contributed by atoms with Gasteiger partial charge in [0.05, 0.1) is 11.9 Å². The highest BCUT2D eigenvalue weighted by Crippen LogP contribution is 2.23. The van der Waals surface area contributed by atoms with Crippen molar-refractivity contribution in [1.29, 1.82) is 0 Å². The summed E-state index contributed by atoms with van der Waals surface area (Å²) in [5, 5.41) is 7.24. The Morgan fingerprint density at radius 2 is 2.04 bits per heavy atom. The minimum absolute atomic E-state index is 0.191. The van der Waals surface area contributed by atoms with E-state index in [1.807, 2.05) is 31.6 Å². The molecule has 2 aliphatic rings. The molecule has 1 atom stereocenters. The minimum atomic E-state index is -0.577. The molecule has 0 bridgehead atoms. The normalized spacial score (nSPS) is 21.3. The third kappa shape index (κ3) is 5.45. The van der Waals surface area contributed by atoms with Crippen LogP contribution < -0.4 is 5.32 Å². The Kier molecular flexibility index (Phi) is 6.04. The van der Waals surface area contributed by atoms with E-state index in [0.29, 0.717) is 24.6 Å². The fraction of sp³-hybridized carbons (Fsp3) is 0.737. The number of carbonyl (C=O) groups is 2. The van der Waals surface area contributed by atoms with Crippen molar-refractivity contribution in [3.63, 3.8) is 0 Å². The number of anilines is 1. The van der Waals surface area contributed by atoms with Crippen LogP contribution in [0.3, 0.4) is 0 Å². The number of aromatic nitrogens is 2. The number of amides is 2. The number of hydrogen-bond acceptors (Lipinski definition) is 5. The zero-order valence-corrected chi connectivity index (χ0v) is 16.4. The van der Waals surface area contributed by atoms with Gasteiger partial charge in [-0.25, -0.2) is 4.79 Å². The molecule has 3 rings (SSSR count). The van der Waals surface area contributed by atoms with E-state index in [-0.39, 0.29) is 5.91 Å². The summed E-state index contributed by atoms with van der Waals surface area (Å²) >= 11 is 0. The number of likely N-dealkylation sites (tertiary alicyclic amines) is 1. The molecule has 0 saturated carbocycles. The van der Waals surface area contributed by atoms with E-state index >= 15 is 0 Å². The largest absolute Gasteiger partial charge is 0.444 e. The molecule has 2 aliphatic heterocycles. The SMILES string of the molecule is CC(C)(C)OC(=O)N1CCC[C@H]1C(=O)Nc1cnn(CC2CCOCC2)c1. The summed E-state index contributed by atoms with van der Waals surface area (Å²) in [5.41, 5.74) is 0.0783. The van der Waals surface area contributed by atoms with Gasteiger partial charge in [-0.05, 0) is 52.4 Å². The first-order valence-corrected chi connectivity index (χ1v) is 9.72. The van der Waals surface area contributed by atoms with Crippen molar-refractivity contribution in [2.24, 2.45) is 5.92 Å². The Labute approximate surface area is 160 Å². The van der Waals surface area contributed by atoms with Crippen LogP contribution in [0.5, 0.6) is 0 Å². The van der Waals surface area contributed by atoms with Gasteiger partial charge in [-0.2, -0.15) is 5.10 Å². The van der Waals surface area contributed by atoms with E-state index in [4.69, 9.17) is 9.47 Å². The predicted octanol–water partition coefficient (Wildman–Crippen LogP) is 2.65. The van der Waals surface area contributed by atoms with Crippen LogP contribution in [0.25, 0.3) is 0 Å². The molecule has 1 N–H and O–H groups in total. The molecular weight excluding hydrogens is 348 g/mol. The van der Waals surface area contributed by atoms with Crippen LogP contribution in [0.1, 0.15) is 46.5 Å². The third-order valence-corrected chi connectivity index (χ3v) is 4.87. The van der Waals surface area contributed by atoms with Crippen LogP contribution in [0.15, 0.2) is 12.4 Å². The van der Waals surface area contributed by atoms with Crippen molar-refractivity contribution >= 4 is 17.7 Å². The van der Waals surface area contributed by atoms with Crippen molar-refractivity contribution in [3.8, 4) is 0 Å². The molecule has 27 heavy (non-hydrogen) atoms. The lowest BCUT2D eigenvalue weighted by Crippen LogP contribution is -2.45. The van der Waals surface area contributed by atoms with Gasteiger partial charge in [0.2, 0.25) is 5.91 Å². The second-order valence-electron chi connectivity index (χ2n) is 8.33. The quantitative estimate of drug-likeness (QED) is 0.870. The van der Waals surface area contributed by atoms with Gasteiger partial charge in [-0.1, -0.05) is 0 Å². The minimum Gasteiger partial charge on any atom is -0.444 e. The molecule has 2 amide bonds. The summed E-state index contributed by atoms with van der Waals surface area (Å²) < 4.78 is 12.7. The predicted molar refractivity (Wildman–Crippen MR) is 100 cm³/mol. The van der Waals surface area contributed by atoms with Crippen LogP contribution in [-0.4, -0.2) is 58.1 Å². The molecule has 0 spiro atoms. The second kappa shape index (κ2) is 8.29. The molecule has 150 valence electrons. The van der Waals surface area contributed by atoms with Gasteiger partial charge in [-0.15, -0.1) is 0 Å². The van der Waals surface area contributed by atoms with Crippen molar-refractivity contribution in [3.05, 3.63) is 12.4 Å². The van der Waals surface area contributed by atoms with Crippen molar-refractivity contribution in [1.82, 2.24) is 14.7 Å². The first-order chi connectivity index (χ1) is 12.8. The standard InChI is InChI=1S/C19H30N4O4/c1-19(2,3)27-18(25)23-8-4-5-16(23)17(24)21-15-11-20-22(13-15)12-14-6-9-26-10-7-14/h11,13-14,16H,4-10,12H2,1-3H3,(H,21,24)/t16-/m0/s1. The molecule has 1 aromatic heterocycles. The molecule has 8 heteroatoms. The van der Waals surface area contributed by atoms with Crippen molar-refractivity contribution < 1.29 is 19.1 Å². The van der Waals surface area contributed by atoms with E-state index < -0.39 is 17.7 Å². The van der Waals surface area contributed by atoms with Gasteiger partial charge >= 0.3 is 6.09 Å². The lowest BCUT2D eigenvalue weighted by Gasteiger charge is -2.27. The number of rotatable bonds is 4. The zero-order chi connectivity index (χ0) is 19.4. The van der Waals surface area contributed by atoms with Crippen molar-refractivity contribution in [2.45, 2.75) is 64.6 Å². The van der Waals surface area contributed by atoms with Crippen LogP contribution >= 0.6 is 0 Å². The van der Waals surface area contributed by atoms with Gasteiger partial charge in [0, 0.05) is 32.5 Å². The number of nitrogens with one attached hydrogen (secondary N) is 1. The fourth-order valence-electron chi connectivity index (χ4n) is 3.53. The van der Waals surface area contributed by atoms with Gasteiger partial charge < -0.3 is 14.8 Å². The summed E-state index contributed by atoms with van der Waals surface area (Å²) in [5.74, 6) is 0.365. The number of carbonyl (C=O) groups excluding carboxylic acids is 2. The average Bonchev–Trinajstić information content (AvgIpc) is 3.23. The Morgan fingerprint density at radius 3 is 2.74 bits per heavy atom. The van der Waals surface area contributed by atoms with Gasteiger partial charge in [0.1, 0.15) is 11.6 Å². The van der Waals surface area contributed by atoms with E-state index in [1.165, 1.54) is 4.90 Å². The highest BCUT2D eigenvalue weighted by molar-refractivity contribution is 5.96. The lowest BCUT2D eigenvalue weighted by molar-refractivity contribution is -0.120. The molecule has 2 saturated heterocycles. The summed E-state index contributed by atoms with van der Waals surface area (Å²) in [6.45, 7) is 8.44. The average molecular weight is 378 g/mol. The summed E-state index contributed by atoms with van der Waals surface area (Å²) in [7, 11) is 0. The first kappa shape index (κ1) is 19.7. The van der Waals surface area contributed by atoms with Crippen LogP contribution in [-0.2, 0) is 20.8 Å². The monoisotopic (exact) mass is 378 g/mol. The van der Waals surface area contributed by atoms with Crippen LogP contribution in [0, 0.1) is 5.92 Å². The molecule has 2 fully saturated rings. The van der Waals surface area contributed by atoms with E-state index in [2.05, 4.69) is 10.4 Å². The Balaban J connectivity index is 1.55. The highest BCUT2D eigenvalue weighted by Gasteiger charge is 2.36. The zero-order valence-electron chi connectivity index (χ0n) is 16.4. The molecule has 3 heterocycles. The van der Waals surface area contributed by atoms with E-state index in [1.54, 1.807) is 6.20 Å². The summed E-state index contributed by atoms with van der Waals surface area (Å²) in [4.78, 5) is 26.6. The van der Waals surface area contributed by atoms with Gasteiger partial charge in [0.15, 0.2) is 0 Å². The molecule has 0 unspecified atom stereocenters. The van der Waals surface area contributed by atoms with Gasteiger partial charge in [0.25, 0.3) is 0 Å². The maximum atomic E-state index is 12.7. The molecule has 1 aromatic rings. The number of hydrogen-bond donors (Lipinski definition) is 1. The molecule has 0 radical (unpaired) electrons. The maximum absolute atomic E-state index is 12.7. The topological polar surface area (TPSA) is 85.7 Å². The molecule has 0 aromatic carbocycles. The first-order valence-electron chi connectivity index (χ1n) is 9.72. The molecular formula is C19H30N4O4. The number of ether oxygens (including phenoxy) is 2. The second-order valence-corrected chi connectivity index (χ2v) is 8.33. The smallest absolute Gasteiger partial charge is 0.410 e. The Bertz CT molecular complexity index is 661. The van der Waals surface area contributed by atoms with Crippen LogP contribution in [0.2, 0.25) is 0 Å². The highest BCUT2D eigenvalue weighted by atomic mass is 16.6. The maximum Gasteiger partial charge on any atom is 0.410 e. The summed E-state index contributed by atoms with van der Waals surface area (Å²) in [6, 6.07) is -0.501. The van der Waals surface area contributed by atoms with Crippen molar-refractivity contribution in [2.75, 3.05) is 25.1 Å². The fourth-order valence-corrected chi connectivity index (χ4v) is 3.53. The summed E-state index contributed by atoms with van der Waals surface area (Å²) in [6.07, 6.45) is 6.57. The van der Waals surface area contributed by atoms with E-state index in [0.717, 1.165) is 39.0 Å². The lowest BCUT2D eigenvalue weighted by atomic mass is 10.0.